The Balaban J connectivity index is 2.59. The lowest BCUT2D eigenvalue weighted by molar-refractivity contribution is -0.146. The Hall–Kier alpha value is -0.900. The van der Waals surface area contributed by atoms with E-state index in [1.165, 1.54) is 0 Å². The number of hydrogen-bond acceptors (Lipinski definition) is 3. The van der Waals surface area contributed by atoms with Crippen molar-refractivity contribution >= 4 is 11.8 Å². The van der Waals surface area contributed by atoms with Gasteiger partial charge in [0.15, 0.2) is 0 Å². The van der Waals surface area contributed by atoms with Gasteiger partial charge in [-0.25, -0.2) is 0 Å². The largest absolute Gasteiger partial charge is 0.481 e. The maximum atomic E-state index is 11.0. The molecule has 4 nitrogen and oxygen atoms in total. The highest BCUT2D eigenvalue weighted by Gasteiger charge is 2.27. The van der Waals surface area contributed by atoms with Crippen LogP contribution in [-0.4, -0.2) is 30.1 Å². The number of ether oxygens (including phenoxy) is 1. The summed E-state index contributed by atoms with van der Waals surface area (Å²) in [6.07, 6.45) is 0.547. The topological polar surface area (TPSA) is 63.6 Å². The molecule has 1 aliphatic rings. The number of ketones is 1. The van der Waals surface area contributed by atoms with E-state index in [2.05, 4.69) is 0 Å². The molecule has 1 N–H and O–H groups in total. The second kappa shape index (κ2) is 3.48. The molecule has 0 radical (unpaired) electrons. The van der Waals surface area contributed by atoms with Crippen LogP contribution in [0.4, 0.5) is 0 Å². The SMILES string of the molecule is O=C(O)C1CCOCCC1=O. The van der Waals surface area contributed by atoms with E-state index in [0.717, 1.165) is 0 Å². The van der Waals surface area contributed by atoms with Crippen LogP contribution < -0.4 is 0 Å². The second-order valence-electron chi connectivity index (χ2n) is 2.51. The number of aliphatic carboxylic acids is 1. The molecule has 0 aromatic carbocycles. The molecule has 0 amide bonds. The molecular formula is C7H10O4. The first-order chi connectivity index (χ1) is 5.22. The molecule has 0 bridgehead atoms. The van der Waals surface area contributed by atoms with Crippen molar-refractivity contribution in [3.05, 3.63) is 0 Å². The standard InChI is InChI=1S/C7H10O4/c8-6-2-4-11-3-1-5(6)7(9)10/h5H,1-4H2,(H,9,10). The van der Waals surface area contributed by atoms with Crippen molar-refractivity contribution in [3.8, 4) is 0 Å². The molecule has 0 spiro atoms. The highest BCUT2D eigenvalue weighted by molar-refractivity contribution is 5.98. The Labute approximate surface area is 64.2 Å². The predicted octanol–water partition coefficient (Wildman–Crippen LogP) is 0.0667. The molecule has 1 fully saturated rings. The monoisotopic (exact) mass is 158 g/mol. The zero-order chi connectivity index (χ0) is 8.27. The summed E-state index contributed by atoms with van der Waals surface area (Å²) in [6, 6.07) is 0. The number of hydrogen-bond donors (Lipinski definition) is 1. The van der Waals surface area contributed by atoms with E-state index in [4.69, 9.17) is 9.84 Å². The maximum absolute atomic E-state index is 11.0. The smallest absolute Gasteiger partial charge is 0.314 e. The van der Waals surface area contributed by atoms with Crippen LogP contribution >= 0.6 is 0 Å². The quantitative estimate of drug-likeness (QED) is 0.548. The van der Waals surface area contributed by atoms with Gasteiger partial charge < -0.3 is 9.84 Å². The van der Waals surface area contributed by atoms with Gasteiger partial charge in [0.2, 0.25) is 0 Å². The van der Waals surface area contributed by atoms with Gasteiger partial charge in [-0.2, -0.15) is 0 Å². The summed E-state index contributed by atoms with van der Waals surface area (Å²) < 4.78 is 4.96. The fourth-order valence-electron chi connectivity index (χ4n) is 1.07. The molecule has 62 valence electrons. The molecule has 1 atom stereocenters. The number of carbonyl (C=O) groups is 2. The first-order valence-corrected chi connectivity index (χ1v) is 3.55. The predicted molar refractivity (Wildman–Crippen MR) is 36.2 cm³/mol. The van der Waals surface area contributed by atoms with Crippen LogP contribution in [0.15, 0.2) is 0 Å². The molecule has 1 saturated heterocycles. The number of Topliss-reactive ketones (excluding diaryl/α,β-unsaturated/α-hetero) is 1. The van der Waals surface area contributed by atoms with Crippen molar-refractivity contribution in [2.45, 2.75) is 12.8 Å². The molecule has 0 aliphatic carbocycles. The van der Waals surface area contributed by atoms with Gasteiger partial charge in [0.25, 0.3) is 0 Å². The summed E-state index contributed by atoms with van der Waals surface area (Å²) >= 11 is 0. The minimum Gasteiger partial charge on any atom is -0.481 e. The van der Waals surface area contributed by atoms with Gasteiger partial charge in [-0.05, 0) is 6.42 Å². The van der Waals surface area contributed by atoms with Crippen molar-refractivity contribution in [3.63, 3.8) is 0 Å². The van der Waals surface area contributed by atoms with E-state index in [9.17, 15) is 9.59 Å². The molecule has 4 heteroatoms. The fraction of sp³-hybridized carbons (Fsp3) is 0.714. The van der Waals surface area contributed by atoms with Crippen molar-refractivity contribution in [1.29, 1.82) is 0 Å². The molecular weight excluding hydrogens is 148 g/mol. The lowest BCUT2D eigenvalue weighted by Crippen LogP contribution is -2.23. The van der Waals surface area contributed by atoms with Crippen LogP contribution in [0.2, 0.25) is 0 Å². The highest BCUT2D eigenvalue weighted by atomic mass is 16.5. The summed E-state index contributed by atoms with van der Waals surface area (Å²) in [7, 11) is 0. The van der Waals surface area contributed by atoms with Crippen LogP contribution in [0.3, 0.4) is 0 Å². The Kier molecular flexibility index (Phi) is 2.59. The van der Waals surface area contributed by atoms with Gasteiger partial charge in [-0.15, -0.1) is 0 Å². The van der Waals surface area contributed by atoms with E-state index in [1.807, 2.05) is 0 Å². The molecule has 1 rings (SSSR count). The van der Waals surface area contributed by atoms with Crippen LogP contribution in [-0.2, 0) is 14.3 Å². The third kappa shape index (κ3) is 2.01. The minimum absolute atomic E-state index is 0.213. The molecule has 0 aromatic heterocycles. The number of carboxylic acid groups (broad SMARTS) is 1. The van der Waals surface area contributed by atoms with Crippen LogP contribution in [0.5, 0.6) is 0 Å². The molecule has 1 aliphatic heterocycles. The molecule has 1 heterocycles. The minimum atomic E-state index is -1.03. The van der Waals surface area contributed by atoms with Gasteiger partial charge in [0, 0.05) is 13.0 Å². The number of rotatable bonds is 1. The van der Waals surface area contributed by atoms with Crippen molar-refractivity contribution in [2.24, 2.45) is 5.92 Å². The van der Waals surface area contributed by atoms with Crippen LogP contribution in [0.1, 0.15) is 12.8 Å². The summed E-state index contributed by atoms with van der Waals surface area (Å²) in [5.41, 5.74) is 0. The Bertz CT molecular complexity index is 175. The lowest BCUT2D eigenvalue weighted by atomic mass is 10.00. The zero-order valence-corrected chi connectivity index (χ0v) is 6.08. The number of carbonyl (C=O) groups excluding carboxylic acids is 1. The van der Waals surface area contributed by atoms with Crippen LogP contribution in [0.25, 0.3) is 0 Å². The maximum Gasteiger partial charge on any atom is 0.314 e. The van der Waals surface area contributed by atoms with E-state index in [1.54, 1.807) is 0 Å². The third-order valence-corrected chi connectivity index (χ3v) is 1.73. The molecule has 11 heavy (non-hydrogen) atoms. The summed E-state index contributed by atoms with van der Waals surface area (Å²) in [5, 5.41) is 8.56. The molecule has 0 saturated carbocycles. The summed E-state index contributed by atoms with van der Waals surface area (Å²) in [5.74, 6) is -2.08. The third-order valence-electron chi connectivity index (χ3n) is 1.73. The van der Waals surface area contributed by atoms with Crippen molar-refractivity contribution in [1.82, 2.24) is 0 Å². The van der Waals surface area contributed by atoms with Crippen LogP contribution in [0, 0.1) is 5.92 Å². The Morgan fingerprint density at radius 1 is 1.55 bits per heavy atom. The van der Waals surface area contributed by atoms with Crippen molar-refractivity contribution < 1.29 is 19.4 Å². The van der Waals surface area contributed by atoms with E-state index in [-0.39, 0.29) is 12.2 Å². The average Bonchev–Trinajstić information content (AvgIpc) is 2.13. The van der Waals surface area contributed by atoms with E-state index < -0.39 is 11.9 Å². The Morgan fingerprint density at radius 2 is 2.27 bits per heavy atom. The second-order valence-corrected chi connectivity index (χ2v) is 2.51. The van der Waals surface area contributed by atoms with Crippen molar-refractivity contribution in [2.75, 3.05) is 13.2 Å². The van der Waals surface area contributed by atoms with E-state index in [0.29, 0.717) is 19.6 Å². The van der Waals surface area contributed by atoms with E-state index >= 15 is 0 Å². The Morgan fingerprint density at radius 3 is 2.91 bits per heavy atom. The highest BCUT2D eigenvalue weighted by Crippen LogP contribution is 2.11. The normalized spacial score (nSPS) is 26.2. The van der Waals surface area contributed by atoms with Gasteiger partial charge in [-0.3, -0.25) is 9.59 Å². The average molecular weight is 158 g/mol. The van der Waals surface area contributed by atoms with Gasteiger partial charge in [-0.1, -0.05) is 0 Å². The number of carboxylic acids is 1. The van der Waals surface area contributed by atoms with Gasteiger partial charge in [0.05, 0.1) is 6.61 Å². The zero-order valence-electron chi connectivity index (χ0n) is 6.08. The first kappa shape index (κ1) is 8.20. The summed E-state index contributed by atoms with van der Waals surface area (Å²) in [4.78, 5) is 21.4. The fourth-order valence-corrected chi connectivity index (χ4v) is 1.07. The lowest BCUT2D eigenvalue weighted by Gasteiger charge is -2.03. The van der Waals surface area contributed by atoms with Gasteiger partial charge in [0.1, 0.15) is 11.7 Å². The molecule has 0 aromatic rings. The molecule has 1 unspecified atom stereocenters. The first-order valence-electron chi connectivity index (χ1n) is 3.55. The summed E-state index contributed by atoms with van der Waals surface area (Å²) in [6.45, 7) is 0.741. The van der Waals surface area contributed by atoms with Gasteiger partial charge >= 0.3 is 5.97 Å².